The summed E-state index contributed by atoms with van der Waals surface area (Å²) in [5, 5.41) is 7.92. The van der Waals surface area contributed by atoms with E-state index in [4.69, 9.17) is 0 Å². The number of fused-ring (bicyclic) bond motifs is 1. The van der Waals surface area contributed by atoms with E-state index < -0.39 is 0 Å². The number of aromatic nitrogens is 3. The fraction of sp³-hybridized carbons (Fsp3) is 0.778. The number of hydrogen-bond donors (Lipinski definition) is 1. The third-order valence-electron chi connectivity index (χ3n) is 2.82. The van der Waals surface area contributed by atoms with Gasteiger partial charge in [-0.3, -0.25) is 0 Å². The summed E-state index contributed by atoms with van der Waals surface area (Å²) in [6.45, 7) is 4.14. The Morgan fingerprint density at radius 3 is 3.00 bits per heavy atom. The van der Waals surface area contributed by atoms with Crippen molar-refractivity contribution in [2.24, 2.45) is 0 Å². The maximum Gasteiger partial charge on any atom is 0.154 e. The van der Waals surface area contributed by atoms with E-state index in [1.807, 2.05) is 0 Å². The van der Waals surface area contributed by atoms with Gasteiger partial charge in [0, 0.05) is 12.5 Å². The van der Waals surface area contributed by atoms with Crippen molar-refractivity contribution in [3.63, 3.8) is 0 Å². The molecule has 0 spiro atoms. The van der Waals surface area contributed by atoms with Crippen molar-refractivity contribution in [3.8, 4) is 0 Å². The largest absolute Gasteiger partial charge is 0.306 e. The molecule has 1 atom stereocenters. The Labute approximate surface area is 77.4 Å². The van der Waals surface area contributed by atoms with Crippen molar-refractivity contribution in [2.75, 3.05) is 6.54 Å². The lowest BCUT2D eigenvalue weighted by molar-refractivity contribution is 0.411. The van der Waals surface area contributed by atoms with E-state index in [0.717, 1.165) is 24.7 Å². The van der Waals surface area contributed by atoms with Crippen molar-refractivity contribution in [1.82, 2.24) is 20.1 Å². The molecule has 0 bridgehead atoms. The van der Waals surface area contributed by atoms with Crippen LogP contribution >= 0.6 is 0 Å². The van der Waals surface area contributed by atoms with Crippen LogP contribution in [-0.2, 0) is 6.54 Å². The van der Waals surface area contributed by atoms with Gasteiger partial charge < -0.3 is 5.32 Å². The summed E-state index contributed by atoms with van der Waals surface area (Å²) in [6.07, 6.45) is 2.57. The number of rotatable bonds is 1. The van der Waals surface area contributed by atoms with Gasteiger partial charge in [-0.2, -0.15) is 5.10 Å². The van der Waals surface area contributed by atoms with Gasteiger partial charge in [0.15, 0.2) is 5.82 Å². The Morgan fingerprint density at radius 1 is 1.46 bits per heavy atom. The van der Waals surface area contributed by atoms with Gasteiger partial charge in [0.2, 0.25) is 0 Å². The molecule has 0 amide bonds. The van der Waals surface area contributed by atoms with Crippen LogP contribution in [0.2, 0.25) is 0 Å². The maximum atomic E-state index is 4.58. The Morgan fingerprint density at radius 2 is 2.31 bits per heavy atom. The molecular formula is C9H14N4. The number of nitrogens with zero attached hydrogens (tertiary/aromatic N) is 3. The molecule has 0 saturated heterocycles. The molecule has 0 radical (unpaired) electrons. The zero-order chi connectivity index (χ0) is 8.84. The Kier molecular flexibility index (Phi) is 1.47. The highest BCUT2D eigenvalue weighted by molar-refractivity contribution is 5.09. The van der Waals surface area contributed by atoms with Gasteiger partial charge in [-0.05, 0) is 19.8 Å². The fourth-order valence-electron chi connectivity index (χ4n) is 1.85. The maximum absolute atomic E-state index is 4.58. The average Bonchev–Trinajstić information content (AvgIpc) is 2.87. The molecule has 3 rings (SSSR count). The Bertz CT molecular complexity index is 326. The number of nitrogens with one attached hydrogen (secondary N) is 1. The van der Waals surface area contributed by atoms with Crippen molar-refractivity contribution >= 4 is 0 Å². The summed E-state index contributed by atoms with van der Waals surface area (Å²) < 4.78 is 2.06. The SMILES string of the molecule is C[C@H]1NCCn2nc(C3CC3)nc21. The van der Waals surface area contributed by atoms with Crippen molar-refractivity contribution in [1.29, 1.82) is 0 Å². The molecule has 70 valence electrons. The molecule has 1 saturated carbocycles. The van der Waals surface area contributed by atoms with Crippen LogP contribution in [-0.4, -0.2) is 21.3 Å². The molecule has 13 heavy (non-hydrogen) atoms. The Balaban J connectivity index is 1.99. The van der Waals surface area contributed by atoms with Gasteiger partial charge in [0.05, 0.1) is 12.6 Å². The highest BCUT2D eigenvalue weighted by Crippen LogP contribution is 2.38. The first-order valence-corrected chi connectivity index (χ1v) is 5.02. The van der Waals surface area contributed by atoms with Crippen LogP contribution in [0.5, 0.6) is 0 Å². The van der Waals surface area contributed by atoms with Crippen LogP contribution in [0.15, 0.2) is 0 Å². The van der Waals surface area contributed by atoms with Crippen LogP contribution < -0.4 is 5.32 Å². The summed E-state index contributed by atoms with van der Waals surface area (Å²) in [5.41, 5.74) is 0. The molecule has 4 nitrogen and oxygen atoms in total. The smallest absolute Gasteiger partial charge is 0.154 e. The van der Waals surface area contributed by atoms with E-state index in [0.29, 0.717) is 12.0 Å². The molecule has 1 aromatic heterocycles. The third kappa shape index (κ3) is 1.16. The minimum Gasteiger partial charge on any atom is -0.306 e. The molecule has 1 aliphatic carbocycles. The highest BCUT2D eigenvalue weighted by atomic mass is 15.4. The molecule has 4 heteroatoms. The summed E-state index contributed by atoms with van der Waals surface area (Å²) >= 11 is 0. The van der Waals surface area contributed by atoms with E-state index in [9.17, 15) is 0 Å². The predicted molar refractivity (Wildman–Crippen MR) is 48.4 cm³/mol. The zero-order valence-electron chi connectivity index (χ0n) is 7.82. The van der Waals surface area contributed by atoms with E-state index in [1.165, 1.54) is 12.8 Å². The van der Waals surface area contributed by atoms with Crippen molar-refractivity contribution in [3.05, 3.63) is 11.6 Å². The third-order valence-corrected chi connectivity index (χ3v) is 2.82. The second kappa shape index (κ2) is 2.54. The highest BCUT2D eigenvalue weighted by Gasteiger charge is 2.30. The van der Waals surface area contributed by atoms with Crippen LogP contribution in [0.1, 0.15) is 43.4 Å². The van der Waals surface area contributed by atoms with E-state index >= 15 is 0 Å². The predicted octanol–water partition coefficient (Wildman–Crippen LogP) is 0.820. The van der Waals surface area contributed by atoms with Crippen molar-refractivity contribution in [2.45, 2.75) is 38.3 Å². The lowest BCUT2D eigenvalue weighted by Crippen LogP contribution is -2.32. The molecular weight excluding hydrogens is 164 g/mol. The van der Waals surface area contributed by atoms with E-state index in [2.05, 4.69) is 27.0 Å². The van der Waals surface area contributed by atoms with E-state index in [1.54, 1.807) is 0 Å². The molecule has 0 unspecified atom stereocenters. The fourth-order valence-corrected chi connectivity index (χ4v) is 1.85. The van der Waals surface area contributed by atoms with Gasteiger partial charge in [-0.1, -0.05) is 0 Å². The van der Waals surface area contributed by atoms with E-state index in [-0.39, 0.29) is 0 Å². The summed E-state index contributed by atoms with van der Waals surface area (Å²) in [5.74, 6) is 2.86. The number of hydrogen-bond acceptors (Lipinski definition) is 3. The van der Waals surface area contributed by atoms with Crippen LogP contribution in [0.25, 0.3) is 0 Å². The minimum atomic E-state index is 0.369. The van der Waals surface area contributed by atoms with Gasteiger partial charge in [-0.15, -0.1) is 0 Å². The lowest BCUT2D eigenvalue weighted by Gasteiger charge is -2.19. The van der Waals surface area contributed by atoms with Gasteiger partial charge in [0.25, 0.3) is 0 Å². The zero-order valence-corrected chi connectivity index (χ0v) is 7.82. The van der Waals surface area contributed by atoms with Crippen molar-refractivity contribution < 1.29 is 0 Å². The second-order valence-electron chi connectivity index (χ2n) is 4.00. The molecule has 1 fully saturated rings. The van der Waals surface area contributed by atoms with Gasteiger partial charge in [0.1, 0.15) is 5.82 Å². The average molecular weight is 178 g/mol. The molecule has 1 aromatic rings. The first-order valence-electron chi connectivity index (χ1n) is 5.02. The Hall–Kier alpha value is -0.900. The standard InChI is InChI=1S/C9H14N4/c1-6-9-11-8(7-2-3-7)12-13(9)5-4-10-6/h6-7,10H,2-5H2,1H3/t6-/m1/s1. The first kappa shape index (κ1) is 7.50. The summed E-state index contributed by atoms with van der Waals surface area (Å²) in [4.78, 5) is 4.58. The van der Waals surface area contributed by atoms with Gasteiger partial charge >= 0.3 is 0 Å². The minimum absolute atomic E-state index is 0.369. The molecule has 2 heterocycles. The normalized spacial score (nSPS) is 27.3. The molecule has 2 aliphatic rings. The van der Waals surface area contributed by atoms with Gasteiger partial charge in [-0.25, -0.2) is 9.67 Å². The molecule has 0 aromatic carbocycles. The second-order valence-corrected chi connectivity index (χ2v) is 4.00. The summed E-state index contributed by atoms with van der Waals surface area (Å²) in [7, 11) is 0. The monoisotopic (exact) mass is 178 g/mol. The molecule has 1 N–H and O–H groups in total. The van der Waals surface area contributed by atoms with Crippen LogP contribution in [0, 0.1) is 0 Å². The molecule has 1 aliphatic heterocycles. The van der Waals surface area contributed by atoms with Crippen LogP contribution in [0.3, 0.4) is 0 Å². The summed E-state index contributed by atoms with van der Waals surface area (Å²) in [6, 6.07) is 0.369. The topological polar surface area (TPSA) is 42.7 Å². The first-order chi connectivity index (χ1) is 6.34. The lowest BCUT2D eigenvalue weighted by atomic mass is 10.2. The van der Waals surface area contributed by atoms with Crippen LogP contribution in [0.4, 0.5) is 0 Å². The quantitative estimate of drug-likeness (QED) is 0.692.